The number of rotatable bonds is 1. The van der Waals surface area contributed by atoms with E-state index in [-0.39, 0.29) is 0 Å². The fraction of sp³-hybridized carbons (Fsp3) is 0.167. The molecule has 1 rings (SSSR count). The molecule has 0 radical (unpaired) electrons. The van der Waals surface area contributed by atoms with Crippen molar-refractivity contribution in [2.24, 2.45) is 5.16 Å². The minimum absolute atomic E-state index is 0.464. The third kappa shape index (κ3) is 1.39. The van der Waals surface area contributed by atoms with Crippen molar-refractivity contribution in [3.8, 4) is 0 Å². The van der Waals surface area contributed by atoms with Gasteiger partial charge >= 0.3 is 0 Å². The third-order valence-corrected chi connectivity index (χ3v) is 1.51. The Balaban J connectivity index is 2.95. The fourth-order valence-corrected chi connectivity index (χ4v) is 0.865. The molecule has 0 saturated heterocycles. The predicted molar refractivity (Wildman–Crippen MR) is 40.4 cm³/mol. The highest BCUT2D eigenvalue weighted by Crippen LogP contribution is 2.14. The molecule has 54 valence electrons. The molecule has 0 saturated carbocycles. The minimum Gasteiger partial charge on any atom is -0.448 e. The molecule has 0 aliphatic rings. The predicted octanol–water partition coefficient (Wildman–Crippen LogP) is 2.24. The highest BCUT2D eigenvalue weighted by molar-refractivity contribution is 9.10. The summed E-state index contributed by atoms with van der Waals surface area (Å²) < 4.78 is 5.69. The summed E-state index contributed by atoms with van der Waals surface area (Å²) in [5, 5.41) is 11.3. The Hall–Kier alpha value is -0.770. The van der Waals surface area contributed by atoms with Crippen LogP contribution >= 0.6 is 15.9 Å². The van der Waals surface area contributed by atoms with Crippen molar-refractivity contribution in [2.75, 3.05) is 0 Å². The first-order valence-corrected chi connectivity index (χ1v) is 3.47. The number of nitrogens with zero attached hydrogens (tertiary/aromatic N) is 1. The van der Waals surface area contributed by atoms with Gasteiger partial charge in [-0.2, -0.15) is 0 Å². The molecule has 0 amide bonds. The number of halogens is 1. The summed E-state index contributed by atoms with van der Waals surface area (Å²) in [7, 11) is 0. The van der Waals surface area contributed by atoms with E-state index < -0.39 is 0 Å². The van der Waals surface area contributed by atoms with Crippen LogP contribution in [0.15, 0.2) is 26.4 Å². The fourth-order valence-electron chi connectivity index (χ4n) is 0.558. The largest absolute Gasteiger partial charge is 0.448 e. The Kier molecular flexibility index (Phi) is 2.11. The molecule has 0 spiro atoms. The lowest BCUT2D eigenvalue weighted by molar-refractivity contribution is 0.317. The van der Waals surface area contributed by atoms with Crippen molar-refractivity contribution in [3.63, 3.8) is 0 Å². The van der Waals surface area contributed by atoms with Gasteiger partial charge < -0.3 is 9.62 Å². The van der Waals surface area contributed by atoms with E-state index in [1.54, 1.807) is 19.1 Å². The van der Waals surface area contributed by atoms with Crippen LogP contribution in [0.1, 0.15) is 12.7 Å². The number of furan rings is 1. The highest BCUT2D eigenvalue weighted by Gasteiger charge is 2.01. The normalized spacial score (nSPS) is 12.0. The zero-order chi connectivity index (χ0) is 7.56. The van der Waals surface area contributed by atoms with Gasteiger partial charge in [0.05, 0.1) is 0 Å². The first-order chi connectivity index (χ1) is 4.74. The van der Waals surface area contributed by atoms with Gasteiger partial charge in [0.15, 0.2) is 10.4 Å². The van der Waals surface area contributed by atoms with E-state index >= 15 is 0 Å². The van der Waals surface area contributed by atoms with Crippen LogP contribution in [0.5, 0.6) is 0 Å². The summed E-state index contributed by atoms with van der Waals surface area (Å²) in [5.74, 6) is 0.564. The Bertz CT molecular complexity index is 254. The molecule has 0 aliphatic carbocycles. The molecule has 0 atom stereocenters. The van der Waals surface area contributed by atoms with Crippen molar-refractivity contribution in [2.45, 2.75) is 6.92 Å². The maximum Gasteiger partial charge on any atom is 0.169 e. The molecule has 1 aromatic heterocycles. The molecular formula is C6H6BrNO2. The zero-order valence-electron chi connectivity index (χ0n) is 5.34. The molecule has 0 fully saturated rings. The lowest BCUT2D eigenvalue weighted by Gasteiger charge is -1.88. The van der Waals surface area contributed by atoms with Gasteiger partial charge in [0.1, 0.15) is 5.71 Å². The Labute approximate surface area is 66.5 Å². The molecule has 0 unspecified atom stereocenters. The average Bonchev–Trinajstić information content (AvgIpc) is 2.34. The van der Waals surface area contributed by atoms with E-state index in [4.69, 9.17) is 9.62 Å². The molecule has 1 heterocycles. The number of oxime groups is 1. The monoisotopic (exact) mass is 203 g/mol. The van der Waals surface area contributed by atoms with E-state index in [9.17, 15) is 0 Å². The first-order valence-electron chi connectivity index (χ1n) is 2.68. The van der Waals surface area contributed by atoms with E-state index in [1.165, 1.54) is 0 Å². The van der Waals surface area contributed by atoms with Gasteiger partial charge in [-0.05, 0) is 35.0 Å². The number of hydrogen-bond acceptors (Lipinski definition) is 3. The average molecular weight is 204 g/mol. The Morgan fingerprint density at radius 3 is 2.80 bits per heavy atom. The van der Waals surface area contributed by atoms with Crippen LogP contribution < -0.4 is 0 Å². The van der Waals surface area contributed by atoms with Gasteiger partial charge in [-0.3, -0.25) is 0 Å². The van der Waals surface area contributed by atoms with Crippen LogP contribution in [-0.2, 0) is 0 Å². The Morgan fingerprint density at radius 1 is 1.70 bits per heavy atom. The quantitative estimate of drug-likeness (QED) is 0.433. The second-order valence-corrected chi connectivity index (χ2v) is 2.57. The van der Waals surface area contributed by atoms with Gasteiger partial charge in [0.25, 0.3) is 0 Å². The lowest BCUT2D eigenvalue weighted by atomic mass is 10.3. The molecule has 3 nitrogen and oxygen atoms in total. The molecule has 1 aromatic rings. The topological polar surface area (TPSA) is 45.7 Å². The second-order valence-electron chi connectivity index (χ2n) is 1.79. The summed E-state index contributed by atoms with van der Waals surface area (Å²) in [5.41, 5.74) is 0.464. The molecule has 1 N–H and O–H groups in total. The van der Waals surface area contributed by atoms with Crippen LogP contribution in [-0.4, -0.2) is 10.9 Å². The van der Waals surface area contributed by atoms with Crippen LogP contribution in [0.3, 0.4) is 0 Å². The molecule has 0 aliphatic heterocycles. The van der Waals surface area contributed by atoms with E-state index in [0.717, 1.165) is 0 Å². The van der Waals surface area contributed by atoms with Gasteiger partial charge in [-0.15, -0.1) is 0 Å². The van der Waals surface area contributed by atoms with E-state index in [2.05, 4.69) is 21.1 Å². The van der Waals surface area contributed by atoms with Crippen molar-refractivity contribution >= 4 is 21.6 Å². The van der Waals surface area contributed by atoms with Crippen molar-refractivity contribution in [3.05, 3.63) is 22.6 Å². The van der Waals surface area contributed by atoms with Crippen LogP contribution in [0.25, 0.3) is 0 Å². The van der Waals surface area contributed by atoms with Gasteiger partial charge in [-0.1, -0.05) is 5.16 Å². The van der Waals surface area contributed by atoms with E-state index in [0.29, 0.717) is 16.1 Å². The summed E-state index contributed by atoms with van der Waals surface area (Å²) >= 11 is 3.13. The van der Waals surface area contributed by atoms with Crippen LogP contribution in [0.4, 0.5) is 0 Å². The standard InChI is InChI=1S/C6H6BrNO2/c1-4(8-9)5-2-3-6(7)10-5/h2-3,9H,1H3/b8-4-. The summed E-state index contributed by atoms with van der Waals surface area (Å²) in [6.07, 6.45) is 0. The summed E-state index contributed by atoms with van der Waals surface area (Å²) in [4.78, 5) is 0. The van der Waals surface area contributed by atoms with Crippen molar-refractivity contribution < 1.29 is 9.62 Å². The minimum atomic E-state index is 0.464. The van der Waals surface area contributed by atoms with Gasteiger partial charge in [0.2, 0.25) is 0 Å². The molecular weight excluding hydrogens is 198 g/mol. The first kappa shape index (κ1) is 7.34. The molecule has 10 heavy (non-hydrogen) atoms. The molecule has 0 bridgehead atoms. The van der Waals surface area contributed by atoms with E-state index in [1.807, 2.05) is 0 Å². The lowest BCUT2D eigenvalue weighted by Crippen LogP contribution is -1.89. The Morgan fingerprint density at radius 2 is 2.40 bits per heavy atom. The SMILES string of the molecule is C/C(=N/O)c1ccc(Br)o1. The van der Waals surface area contributed by atoms with Crippen molar-refractivity contribution in [1.29, 1.82) is 0 Å². The second kappa shape index (κ2) is 2.88. The summed E-state index contributed by atoms with van der Waals surface area (Å²) in [6.45, 7) is 1.66. The number of hydrogen-bond donors (Lipinski definition) is 1. The molecule has 4 heteroatoms. The zero-order valence-corrected chi connectivity index (χ0v) is 6.92. The van der Waals surface area contributed by atoms with Gasteiger partial charge in [-0.25, -0.2) is 0 Å². The van der Waals surface area contributed by atoms with Crippen LogP contribution in [0, 0.1) is 0 Å². The summed E-state index contributed by atoms with van der Waals surface area (Å²) in [6, 6.07) is 3.46. The maximum atomic E-state index is 8.31. The highest BCUT2D eigenvalue weighted by atomic mass is 79.9. The van der Waals surface area contributed by atoms with Crippen molar-refractivity contribution in [1.82, 2.24) is 0 Å². The van der Waals surface area contributed by atoms with Crippen LogP contribution in [0.2, 0.25) is 0 Å². The smallest absolute Gasteiger partial charge is 0.169 e. The third-order valence-electron chi connectivity index (χ3n) is 1.08. The molecule has 0 aromatic carbocycles. The van der Waals surface area contributed by atoms with Gasteiger partial charge in [0, 0.05) is 0 Å². The maximum absolute atomic E-state index is 8.31.